The number of nitrogens with one attached hydrogen (secondary N) is 1. The van der Waals surface area contributed by atoms with Gasteiger partial charge in [-0.1, -0.05) is 17.7 Å². The van der Waals surface area contributed by atoms with Gasteiger partial charge in [0.15, 0.2) is 0 Å². The highest BCUT2D eigenvalue weighted by Crippen LogP contribution is 2.22. The van der Waals surface area contributed by atoms with E-state index in [2.05, 4.69) is 5.32 Å². The molecule has 2 N–H and O–H groups in total. The number of hydrogen-bond acceptors (Lipinski definition) is 3. The number of hydrogen-bond donors (Lipinski definition) is 2. The maximum absolute atomic E-state index is 10.2. The number of rotatable bonds is 3. The Morgan fingerprint density at radius 3 is 2.81 bits per heavy atom. The molecule has 4 heteroatoms. The SMILES string of the molecule is OC1(COc2cccc(Cl)c2)CCNCC1. The molecule has 1 aliphatic rings. The fraction of sp³-hybridized carbons (Fsp3) is 0.500. The van der Waals surface area contributed by atoms with E-state index in [1.165, 1.54) is 0 Å². The Hall–Kier alpha value is -0.770. The quantitative estimate of drug-likeness (QED) is 0.849. The van der Waals surface area contributed by atoms with E-state index in [-0.39, 0.29) is 0 Å². The van der Waals surface area contributed by atoms with Crippen molar-refractivity contribution in [3.8, 4) is 5.75 Å². The van der Waals surface area contributed by atoms with Gasteiger partial charge in [0.05, 0.1) is 0 Å². The third-order valence-corrected chi connectivity index (χ3v) is 3.07. The van der Waals surface area contributed by atoms with Gasteiger partial charge in [-0.15, -0.1) is 0 Å². The van der Waals surface area contributed by atoms with Gasteiger partial charge in [0.25, 0.3) is 0 Å². The highest BCUT2D eigenvalue weighted by Gasteiger charge is 2.29. The van der Waals surface area contributed by atoms with Gasteiger partial charge >= 0.3 is 0 Å². The summed E-state index contributed by atoms with van der Waals surface area (Å²) in [5, 5.41) is 14.1. The number of aliphatic hydroxyl groups is 1. The van der Waals surface area contributed by atoms with Gasteiger partial charge in [-0.3, -0.25) is 0 Å². The topological polar surface area (TPSA) is 41.5 Å². The van der Waals surface area contributed by atoms with Crippen molar-refractivity contribution in [1.29, 1.82) is 0 Å². The highest BCUT2D eigenvalue weighted by molar-refractivity contribution is 6.30. The lowest BCUT2D eigenvalue weighted by Gasteiger charge is -2.32. The average Bonchev–Trinajstić information content (AvgIpc) is 2.28. The van der Waals surface area contributed by atoms with Crippen LogP contribution in [-0.4, -0.2) is 30.4 Å². The summed E-state index contributed by atoms with van der Waals surface area (Å²) in [5.41, 5.74) is -0.701. The van der Waals surface area contributed by atoms with E-state index in [0.29, 0.717) is 17.4 Å². The minimum absolute atomic E-state index is 0.328. The first kappa shape index (κ1) is 11.7. The molecule has 16 heavy (non-hydrogen) atoms. The average molecular weight is 242 g/mol. The summed E-state index contributed by atoms with van der Waals surface area (Å²) in [4.78, 5) is 0. The Bertz CT molecular complexity index is 351. The summed E-state index contributed by atoms with van der Waals surface area (Å²) in [5.74, 6) is 0.708. The van der Waals surface area contributed by atoms with Gasteiger partial charge < -0.3 is 15.2 Å². The van der Waals surface area contributed by atoms with Crippen LogP contribution >= 0.6 is 11.6 Å². The number of halogens is 1. The van der Waals surface area contributed by atoms with Crippen LogP contribution in [0.15, 0.2) is 24.3 Å². The van der Waals surface area contributed by atoms with Crippen molar-refractivity contribution >= 4 is 11.6 Å². The van der Waals surface area contributed by atoms with Crippen LogP contribution in [0.1, 0.15) is 12.8 Å². The fourth-order valence-electron chi connectivity index (χ4n) is 1.81. The molecular formula is C12H16ClNO2. The Morgan fingerprint density at radius 1 is 1.38 bits per heavy atom. The van der Waals surface area contributed by atoms with Crippen LogP contribution in [0.2, 0.25) is 5.02 Å². The van der Waals surface area contributed by atoms with Crippen molar-refractivity contribution in [2.75, 3.05) is 19.7 Å². The molecule has 0 aliphatic carbocycles. The smallest absolute Gasteiger partial charge is 0.120 e. The first-order valence-corrected chi connectivity index (χ1v) is 5.87. The molecule has 88 valence electrons. The molecule has 1 aromatic carbocycles. The second-order valence-electron chi connectivity index (χ2n) is 4.22. The predicted octanol–water partition coefficient (Wildman–Crippen LogP) is 1.83. The third-order valence-electron chi connectivity index (χ3n) is 2.84. The highest BCUT2D eigenvalue weighted by atomic mass is 35.5. The van der Waals surface area contributed by atoms with Crippen LogP contribution in [0, 0.1) is 0 Å². The van der Waals surface area contributed by atoms with Gasteiger partial charge in [0.2, 0.25) is 0 Å². The largest absolute Gasteiger partial charge is 0.491 e. The Labute approximate surface area is 100 Å². The lowest BCUT2D eigenvalue weighted by molar-refractivity contribution is -0.0286. The number of piperidine rings is 1. The molecule has 0 amide bonds. The first-order valence-electron chi connectivity index (χ1n) is 5.49. The summed E-state index contributed by atoms with van der Waals surface area (Å²) in [7, 11) is 0. The zero-order valence-corrected chi connectivity index (χ0v) is 9.83. The normalized spacial score (nSPS) is 19.4. The van der Waals surface area contributed by atoms with Crippen molar-refractivity contribution in [3.63, 3.8) is 0 Å². The van der Waals surface area contributed by atoms with Gasteiger partial charge in [0, 0.05) is 5.02 Å². The summed E-state index contributed by atoms with van der Waals surface area (Å²) < 4.78 is 5.57. The summed E-state index contributed by atoms with van der Waals surface area (Å²) >= 11 is 5.85. The minimum Gasteiger partial charge on any atom is -0.491 e. The molecule has 1 saturated heterocycles. The molecular weight excluding hydrogens is 226 g/mol. The molecule has 0 saturated carbocycles. The van der Waals surface area contributed by atoms with Gasteiger partial charge in [-0.05, 0) is 44.1 Å². The monoisotopic (exact) mass is 241 g/mol. The van der Waals surface area contributed by atoms with Crippen molar-refractivity contribution in [3.05, 3.63) is 29.3 Å². The van der Waals surface area contributed by atoms with E-state index < -0.39 is 5.60 Å². The maximum Gasteiger partial charge on any atom is 0.120 e. The van der Waals surface area contributed by atoms with Crippen molar-refractivity contribution in [2.45, 2.75) is 18.4 Å². The minimum atomic E-state index is -0.701. The molecule has 2 rings (SSSR count). The molecule has 1 heterocycles. The zero-order valence-electron chi connectivity index (χ0n) is 9.08. The van der Waals surface area contributed by atoms with Crippen LogP contribution in [0.3, 0.4) is 0 Å². The molecule has 1 fully saturated rings. The van der Waals surface area contributed by atoms with Crippen LogP contribution in [-0.2, 0) is 0 Å². The van der Waals surface area contributed by atoms with E-state index >= 15 is 0 Å². The molecule has 3 nitrogen and oxygen atoms in total. The molecule has 0 unspecified atom stereocenters. The van der Waals surface area contributed by atoms with Crippen LogP contribution in [0.4, 0.5) is 0 Å². The summed E-state index contributed by atoms with van der Waals surface area (Å²) in [6, 6.07) is 7.24. The third kappa shape index (κ3) is 3.11. The standard InChI is InChI=1S/C12H16ClNO2/c13-10-2-1-3-11(8-10)16-9-12(15)4-6-14-7-5-12/h1-3,8,14-15H,4-7,9H2. The molecule has 0 atom stereocenters. The molecule has 1 aromatic rings. The first-order chi connectivity index (χ1) is 7.68. The predicted molar refractivity (Wildman–Crippen MR) is 64.0 cm³/mol. The van der Waals surface area contributed by atoms with Gasteiger partial charge in [0.1, 0.15) is 18.0 Å². The van der Waals surface area contributed by atoms with E-state index in [0.717, 1.165) is 25.9 Å². The second kappa shape index (κ2) is 5.04. The molecule has 0 bridgehead atoms. The Morgan fingerprint density at radius 2 is 2.12 bits per heavy atom. The molecule has 0 radical (unpaired) electrons. The van der Waals surface area contributed by atoms with E-state index in [4.69, 9.17) is 16.3 Å². The van der Waals surface area contributed by atoms with E-state index in [9.17, 15) is 5.11 Å². The molecule has 0 aromatic heterocycles. The van der Waals surface area contributed by atoms with Crippen molar-refractivity contribution < 1.29 is 9.84 Å². The van der Waals surface area contributed by atoms with Crippen molar-refractivity contribution in [2.24, 2.45) is 0 Å². The number of ether oxygens (including phenoxy) is 1. The Kier molecular flexibility index (Phi) is 3.69. The van der Waals surface area contributed by atoms with Crippen molar-refractivity contribution in [1.82, 2.24) is 5.32 Å². The number of benzene rings is 1. The Balaban J connectivity index is 1.91. The van der Waals surface area contributed by atoms with E-state index in [1.54, 1.807) is 12.1 Å². The molecule has 0 spiro atoms. The van der Waals surface area contributed by atoms with Crippen LogP contribution in [0.5, 0.6) is 5.75 Å². The summed E-state index contributed by atoms with van der Waals surface area (Å²) in [6.45, 7) is 2.01. The lowest BCUT2D eigenvalue weighted by atomic mass is 9.94. The lowest BCUT2D eigenvalue weighted by Crippen LogP contribution is -2.45. The zero-order chi connectivity index (χ0) is 11.4. The fourth-order valence-corrected chi connectivity index (χ4v) is 1.99. The molecule has 1 aliphatic heterocycles. The van der Waals surface area contributed by atoms with Crippen LogP contribution in [0.25, 0.3) is 0 Å². The van der Waals surface area contributed by atoms with E-state index in [1.807, 2.05) is 12.1 Å². The maximum atomic E-state index is 10.2. The summed E-state index contributed by atoms with van der Waals surface area (Å²) in [6.07, 6.45) is 1.46. The van der Waals surface area contributed by atoms with Crippen LogP contribution < -0.4 is 10.1 Å². The second-order valence-corrected chi connectivity index (χ2v) is 4.66. The van der Waals surface area contributed by atoms with Gasteiger partial charge in [-0.2, -0.15) is 0 Å². The van der Waals surface area contributed by atoms with Gasteiger partial charge in [-0.25, -0.2) is 0 Å².